The molecule has 0 aliphatic carbocycles. The number of phenolic OH excluding ortho intramolecular Hbond substituents is 2. The van der Waals surface area contributed by atoms with Gasteiger partial charge in [0.05, 0.1) is 5.69 Å². The summed E-state index contributed by atoms with van der Waals surface area (Å²) in [4.78, 5) is 2.00. The topological polar surface area (TPSA) is 43.7 Å². The monoisotopic (exact) mass is 305 g/mol. The average Bonchev–Trinajstić information content (AvgIpc) is 2.50. The molecule has 0 aliphatic heterocycles. The lowest BCUT2D eigenvalue weighted by molar-refractivity contribution is 0.451. The minimum atomic E-state index is 0.0317. The Hall–Kier alpha value is -2.94. The smallest absolute Gasteiger partial charge is 0.121 e. The van der Waals surface area contributed by atoms with E-state index in [1.165, 1.54) is 17.2 Å². The molecule has 0 radical (unpaired) electrons. The minimum absolute atomic E-state index is 0.0317. The standard InChI is InChI=1S/C20H19NO2/c1-14-3-7-16(8-4-14)21(17-9-5-15(2)6-10-17)18-11-19(22)13-20(23)12-18/h3-13,22-23H,1-2H3. The van der Waals surface area contributed by atoms with Crippen molar-refractivity contribution in [3.05, 3.63) is 77.9 Å². The lowest BCUT2D eigenvalue weighted by Gasteiger charge is -2.26. The summed E-state index contributed by atoms with van der Waals surface area (Å²) >= 11 is 0. The van der Waals surface area contributed by atoms with Crippen molar-refractivity contribution in [2.45, 2.75) is 13.8 Å². The van der Waals surface area contributed by atoms with Crippen LogP contribution in [0.5, 0.6) is 11.5 Å². The molecule has 0 spiro atoms. The van der Waals surface area contributed by atoms with E-state index in [9.17, 15) is 10.2 Å². The Morgan fingerprint density at radius 3 is 1.35 bits per heavy atom. The van der Waals surface area contributed by atoms with Gasteiger partial charge in [-0.1, -0.05) is 35.4 Å². The van der Waals surface area contributed by atoms with Gasteiger partial charge in [0, 0.05) is 29.6 Å². The first-order valence-corrected chi connectivity index (χ1v) is 7.49. The molecule has 0 fully saturated rings. The van der Waals surface area contributed by atoms with Crippen LogP contribution in [0.2, 0.25) is 0 Å². The van der Waals surface area contributed by atoms with Gasteiger partial charge >= 0.3 is 0 Å². The highest BCUT2D eigenvalue weighted by Crippen LogP contribution is 2.38. The van der Waals surface area contributed by atoms with Gasteiger partial charge in [-0.05, 0) is 38.1 Å². The largest absolute Gasteiger partial charge is 0.508 e. The Morgan fingerprint density at radius 1 is 0.565 bits per heavy atom. The maximum Gasteiger partial charge on any atom is 0.121 e. The van der Waals surface area contributed by atoms with Crippen molar-refractivity contribution in [2.75, 3.05) is 4.90 Å². The normalized spacial score (nSPS) is 10.5. The summed E-state index contributed by atoms with van der Waals surface area (Å²) in [7, 11) is 0. The van der Waals surface area contributed by atoms with Gasteiger partial charge in [-0.2, -0.15) is 0 Å². The van der Waals surface area contributed by atoms with Crippen LogP contribution in [-0.4, -0.2) is 10.2 Å². The first-order valence-electron chi connectivity index (χ1n) is 7.49. The molecule has 0 saturated heterocycles. The summed E-state index contributed by atoms with van der Waals surface area (Å²) in [5.41, 5.74) is 4.98. The molecule has 3 nitrogen and oxygen atoms in total. The molecule has 3 aromatic carbocycles. The van der Waals surface area contributed by atoms with Crippen LogP contribution < -0.4 is 4.90 Å². The van der Waals surface area contributed by atoms with Crippen LogP contribution in [-0.2, 0) is 0 Å². The molecule has 0 amide bonds. The molecule has 116 valence electrons. The van der Waals surface area contributed by atoms with Crippen LogP contribution in [0, 0.1) is 13.8 Å². The van der Waals surface area contributed by atoms with Gasteiger partial charge in [0.2, 0.25) is 0 Å². The van der Waals surface area contributed by atoms with Crippen molar-refractivity contribution in [3.63, 3.8) is 0 Å². The molecule has 3 aromatic rings. The number of hydrogen-bond acceptors (Lipinski definition) is 3. The van der Waals surface area contributed by atoms with Gasteiger partial charge < -0.3 is 15.1 Å². The molecule has 23 heavy (non-hydrogen) atoms. The summed E-state index contributed by atoms with van der Waals surface area (Å²) in [6, 6.07) is 20.9. The number of nitrogens with zero attached hydrogens (tertiary/aromatic N) is 1. The van der Waals surface area contributed by atoms with Crippen LogP contribution >= 0.6 is 0 Å². The Bertz CT molecular complexity index is 742. The molecule has 0 heterocycles. The van der Waals surface area contributed by atoms with Crippen LogP contribution in [0.25, 0.3) is 0 Å². The van der Waals surface area contributed by atoms with Crippen LogP contribution in [0.1, 0.15) is 11.1 Å². The molecule has 2 N–H and O–H groups in total. The molecular weight excluding hydrogens is 286 g/mol. The predicted molar refractivity (Wildman–Crippen MR) is 93.9 cm³/mol. The van der Waals surface area contributed by atoms with Gasteiger partial charge in [-0.3, -0.25) is 0 Å². The van der Waals surface area contributed by atoms with E-state index in [1.54, 1.807) is 12.1 Å². The third kappa shape index (κ3) is 3.29. The summed E-state index contributed by atoms with van der Waals surface area (Å²) in [6.07, 6.45) is 0. The maximum atomic E-state index is 9.84. The van der Waals surface area contributed by atoms with E-state index < -0.39 is 0 Å². The van der Waals surface area contributed by atoms with E-state index in [-0.39, 0.29) is 11.5 Å². The summed E-state index contributed by atoms with van der Waals surface area (Å²) in [5, 5.41) is 19.7. The molecule has 0 aromatic heterocycles. The van der Waals surface area contributed by atoms with Crippen LogP contribution in [0.15, 0.2) is 66.7 Å². The van der Waals surface area contributed by atoms with Crippen molar-refractivity contribution < 1.29 is 10.2 Å². The van der Waals surface area contributed by atoms with Gasteiger partial charge in [0.25, 0.3) is 0 Å². The number of phenols is 2. The van der Waals surface area contributed by atoms with Gasteiger partial charge in [-0.25, -0.2) is 0 Å². The molecular formula is C20H19NO2. The van der Waals surface area contributed by atoms with E-state index in [0.29, 0.717) is 5.69 Å². The number of aromatic hydroxyl groups is 2. The van der Waals surface area contributed by atoms with Crippen molar-refractivity contribution in [1.82, 2.24) is 0 Å². The second-order valence-electron chi connectivity index (χ2n) is 5.71. The van der Waals surface area contributed by atoms with Crippen molar-refractivity contribution >= 4 is 17.1 Å². The van der Waals surface area contributed by atoms with Gasteiger partial charge in [-0.15, -0.1) is 0 Å². The zero-order chi connectivity index (χ0) is 16.4. The number of benzene rings is 3. The van der Waals surface area contributed by atoms with Crippen molar-refractivity contribution in [3.8, 4) is 11.5 Å². The zero-order valence-corrected chi connectivity index (χ0v) is 13.2. The van der Waals surface area contributed by atoms with Crippen LogP contribution in [0.4, 0.5) is 17.1 Å². The highest BCUT2D eigenvalue weighted by atomic mass is 16.3. The lowest BCUT2D eigenvalue weighted by Crippen LogP contribution is -2.09. The molecule has 0 bridgehead atoms. The van der Waals surface area contributed by atoms with Gasteiger partial charge in [0.15, 0.2) is 0 Å². The molecule has 0 atom stereocenters. The highest BCUT2D eigenvalue weighted by Gasteiger charge is 2.14. The SMILES string of the molecule is Cc1ccc(N(c2ccc(C)cc2)c2cc(O)cc(O)c2)cc1. The predicted octanol–water partition coefficient (Wildman–Crippen LogP) is 5.18. The average molecular weight is 305 g/mol. The van der Waals surface area contributed by atoms with E-state index in [2.05, 4.69) is 0 Å². The summed E-state index contributed by atoms with van der Waals surface area (Å²) in [5.74, 6) is 0.0634. The second-order valence-corrected chi connectivity index (χ2v) is 5.71. The Kier molecular flexibility index (Phi) is 3.94. The Morgan fingerprint density at radius 2 is 0.957 bits per heavy atom. The minimum Gasteiger partial charge on any atom is -0.508 e. The first kappa shape index (κ1) is 15.0. The molecule has 0 saturated carbocycles. The van der Waals surface area contributed by atoms with Gasteiger partial charge in [0.1, 0.15) is 11.5 Å². The number of rotatable bonds is 3. The third-order valence-electron chi connectivity index (χ3n) is 3.73. The quantitative estimate of drug-likeness (QED) is 0.700. The fourth-order valence-corrected chi connectivity index (χ4v) is 2.54. The van der Waals surface area contributed by atoms with E-state index in [0.717, 1.165) is 11.4 Å². The second kappa shape index (κ2) is 6.05. The summed E-state index contributed by atoms with van der Waals surface area (Å²) in [6.45, 7) is 4.08. The third-order valence-corrected chi connectivity index (χ3v) is 3.73. The number of anilines is 3. The van der Waals surface area contributed by atoms with E-state index >= 15 is 0 Å². The molecule has 3 heteroatoms. The fraction of sp³-hybridized carbons (Fsp3) is 0.100. The number of aryl methyl sites for hydroxylation is 2. The summed E-state index contributed by atoms with van der Waals surface area (Å²) < 4.78 is 0. The fourth-order valence-electron chi connectivity index (χ4n) is 2.54. The Balaban J connectivity index is 2.16. The van der Waals surface area contributed by atoms with Crippen molar-refractivity contribution in [1.29, 1.82) is 0 Å². The van der Waals surface area contributed by atoms with Crippen LogP contribution in [0.3, 0.4) is 0 Å². The van der Waals surface area contributed by atoms with Crippen molar-refractivity contribution in [2.24, 2.45) is 0 Å². The number of hydrogen-bond donors (Lipinski definition) is 2. The zero-order valence-electron chi connectivity index (χ0n) is 13.2. The van der Waals surface area contributed by atoms with E-state index in [4.69, 9.17) is 0 Å². The molecule has 0 unspecified atom stereocenters. The van der Waals surface area contributed by atoms with E-state index in [1.807, 2.05) is 67.3 Å². The molecule has 3 rings (SSSR count). The highest BCUT2D eigenvalue weighted by molar-refractivity contribution is 5.78. The Labute approximate surface area is 136 Å². The first-order chi connectivity index (χ1) is 11.0. The lowest BCUT2D eigenvalue weighted by atomic mass is 10.1. The molecule has 0 aliphatic rings. The maximum absolute atomic E-state index is 9.84.